The molecular weight excluding hydrogens is 212 g/mol. The minimum atomic E-state index is -0.428. The number of carbonyl (C=O) groups is 1. The lowest BCUT2D eigenvalue weighted by Crippen LogP contribution is -2.17. The molecule has 1 amide bonds. The van der Waals surface area contributed by atoms with Crippen molar-refractivity contribution in [1.29, 1.82) is 5.26 Å². The summed E-state index contributed by atoms with van der Waals surface area (Å²) in [5, 5.41) is 8.84. The van der Waals surface area contributed by atoms with Gasteiger partial charge < -0.3 is 5.73 Å². The van der Waals surface area contributed by atoms with Gasteiger partial charge in [-0.05, 0) is 36.5 Å². The van der Waals surface area contributed by atoms with Gasteiger partial charge in [0.1, 0.15) is 0 Å². The van der Waals surface area contributed by atoms with Crippen molar-refractivity contribution in [3.05, 3.63) is 34.9 Å². The highest BCUT2D eigenvalue weighted by atomic mass is 16.1. The van der Waals surface area contributed by atoms with Crippen LogP contribution < -0.4 is 5.73 Å². The van der Waals surface area contributed by atoms with E-state index < -0.39 is 5.91 Å². The topological polar surface area (TPSA) is 66.9 Å². The Balaban J connectivity index is 2.38. The van der Waals surface area contributed by atoms with Crippen molar-refractivity contribution in [2.45, 2.75) is 38.0 Å². The first kappa shape index (κ1) is 11.7. The number of benzene rings is 1. The van der Waals surface area contributed by atoms with Crippen LogP contribution in [-0.4, -0.2) is 5.91 Å². The van der Waals surface area contributed by atoms with Gasteiger partial charge in [-0.3, -0.25) is 4.79 Å². The molecule has 0 aliphatic heterocycles. The zero-order valence-corrected chi connectivity index (χ0v) is 9.78. The minimum Gasteiger partial charge on any atom is -0.366 e. The van der Waals surface area contributed by atoms with Crippen LogP contribution in [-0.2, 0) is 0 Å². The second-order valence-corrected chi connectivity index (χ2v) is 4.61. The van der Waals surface area contributed by atoms with Crippen LogP contribution in [0.15, 0.2) is 18.2 Å². The number of nitrogens with two attached hydrogens (primary N) is 1. The van der Waals surface area contributed by atoms with Gasteiger partial charge in [0.25, 0.3) is 0 Å². The molecule has 0 unspecified atom stereocenters. The van der Waals surface area contributed by atoms with Gasteiger partial charge in [-0.25, -0.2) is 0 Å². The summed E-state index contributed by atoms with van der Waals surface area (Å²) in [4.78, 5) is 11.4. The van der Waals surface area contributed by atoms with Crippen LogP contribution in [0.2, 0.25) is 0 Å². The van der Waals surface area contributed by atoms with E-state index in [0.717, 1.165) is 18.4 Å². The molecule has 3 nitrogen and oxygen atoms in total. The predicted octanol–water partition coefficient (Wildman–Crippen LogP) is 2.70. The summed E-state index contributed by atoms with van der Waals surface area (Å²) >= 11 is 0. The molecule has 0 heterocycles. The van der Waals surface area contributed by atoms with Crippen LogP contribution in [0.5, 0.6) is 0 Å². The van der Waals surface area contributed by atoms with E-state index >= 15 is 0 Å². The Bertz CT molecular complexity index is 468. The van der Waals surface area contributed by atoms with Crippen molar-refractivity contribution >= 4 is 5.91 Å². The first-order valence-corrected chi connectivity index (χ1v) is 6.06. The molecule has 3 heteroatoms. The largest absolute Gasteiger partial charge is 0.366 e. The fraction of sp³-hybridized carbons (Fsp3) is 0.429. The van der Waals surface area contributed by atoms with E-state index in [2.05, 4.69) is 0 Å². The molecule has 88 valence electrons. The summed E-state index contributed by atoms with van der Waals surface area (Å²) in [7, 11) is 0. The fourth-order valence-electron chi connectivity index (χ4n) is 2.61. The van der Waals surface area contributed by atoms with E-state index in [1.165, 1.54) is 19.3 Å². The van der Waals surface area contributed by atoms with E-state index in [4.69, 9.17) is 11.0 Å². The van der Waals surface area contributed by atoms with Gasteiger partial charge in [-0.1, -0.05) is 25.3 Å². The van der Waals surface area contributed by atoms with Gasteiger partial charge in [0.15, 0.2) is 0 Å². The van der Waals surface area contributed by atoms with Gasteiger partial charge >= 0.3 is 0 Å². The highest BCUT2D eigenvalue weighted by Crippen LogP contribution is 2.34. The first-order chi connectivity index (χ1) is 8.22. The highest BCUT2D eigenvalue weighted by molar-refractivity contribution is 5.95. The van der Waals surface area contributed by atoms with Crippen LogP contribution in [0.4, 0.5) is 0 Å². The van der Waals surface area contributed by atoms with Crippen molar-refractivity contribution in [1.82, 2.24) is 0 Å². The third-order valence-corrected chi connectivity index (χ3v) is 3.49. The normalized spacial score (nSPS) is 16.4. The number of nitrogens with zero attached hydrogens (tertiary/aromatic N) is 1. The second-order valence-electron chi connectivity index (χ2n) is 4.61. The Morgan fingerprint density at radius 1 is 1.29 bits per heavy atom. The van der Waals surface area contributed by atoms with Gasteiger partial charge in [0.05, 0.1) is 11.6 Å². The molecular formula is C14H16N2O. The van der Waals surface area contributed by atoms with Crippen LogP contribution in [0.1, 0.15) is 59.5 Å². The van der Waals surface area contributed by atoms with Gasteiger partial charge in [-0.2, -0.15) is 5.26 Å². The minimum absolute atomic E-state index is 0.428. The standard InChI is InChI=1S/C14H16N2O/c15-9-10-6-7-12(13(8-10)14(16)17)11-4-2-1-3-5-11/h6-8,11H,1-5H2,(H2,16,17). The molecule has 0 bridgehead atoms. The summed E-state index contributed by atoms with van der Waals surface area (Å²) in [5.74, 6) is 0.00154. The molecule has 0 saturated heterocycles. The van der Waals surface area contributed by atoms with Crippen LogP contribution in [0, 0.1) is 11.3 Å². The Hall–Kier alpha value is -1.82. The lowest BCUT2D eigenvalue weighted by atomic mass is 9.81. The van der Waals surface area contributed by atoms with Crippen LogP contribution in [0.25, 0.3) is 0 Å². The molecule has 0 atom stereocenters. The maximum Gasteiger partial charge on any atom is 0.249 e. The second kappa shape index (κ2) is 5.01. The zero-order chi connectivity index (χ0) is 12.3. The molecule has 2 N–H and O–H groups in total. The van der Waals surface area contributed by atoms with Gasteiger partial charge in [0.2, 0.25) is 5.91 Å². The van der Waals surface area contributed by atoms with Crippen molar-refractivity contribution in [3.8, 4) is 6.07 Å². The quantitative estimate of drug-likeness (QED) is 0.845. The third-order valence-electron chi connectivity index (χ3n) is 3.49. The molecule has 1 aromatic carbocycles. The molecule has 0 spiro atoms. The van der Waals surface area contributed by atoms with Crippen LogP contribution >= 0.6 is 0 Å². The molecule has 0 aromatic heterocycles. The molecule has 0 radical (unpaired) electrons. The van der Waals surface area contributed by atoms with E-state index in [9.17, 15) is 4.79 Å². The molecule has 1 aliphatic rings. The van der Waals surface area contributed by atoms with Crippen molar-refractivity contribution < 1.29 is 4.79 Å². The summed E-state index contributed by atoms with van der Waals surface area (Å²) in [6.07, 6.45) is 5.93. The summed E-state index contributed by atoms with van der Waals surface area (Å²) in [6, 6.07) is 7.33. The van der Waals surface area contributed by atoms with E-state index in [-0.39, 0.29) is 0 Å². The Labute approximate surface area is 101 Å². The SMILES string of the molecule is N#Cc1ccc(C2CCCCC2)c(C(N)=O)c1. The van der Waals surface area contributed by atoms with Crippen molar-refractivity contribution in [2.24, 2.45) is 5.73 Å². The van der Waals surface area contributed by atoms with E-state index in [1.54, 1.807) is 12.1 Å². The Kier molecular flexibility index (Phi) is 3.43. The number of amides is 1. The zero-order valence-electron chi connectivity index (χ0n) is 9.78. The van der Waals surface area contributed by atoms with Crippen molar-refractivity contribution in [3.63, 3.8) is 0 Å². The average molecular weight is 228 g/mol. The molecule has 1 aliphatic carbocycles. The highest BCUT2D eigenvalue weighted by Gasteiger charge is 2.20. The molecule has 1 fully saturated rings. The lowest BCUT2D eigenvalue weighted by Gasteiger charge is -2.23. The smallest absolute Gasteiger partial charge is 0.249 e. The van der Waals surface area contributed by atoms with Gasteiger partial charge in [0, 0.05) is 5.56 Å². The predicted molar refractivity (Wildman–Crippen MR) is 65.5 cm³/mol. The van der Waals surface area contributed by atoms with Crippen LogP contribution in [0.3, 0.4) is 0 Å². The Morgan fingerprint density at radius 2 is 2.00 bits per heavy atom. The van der Waals surface area contributed by atoms with Crippen molar-refractivity contribution in [2.75, 3.05) is 0 Å². The van der Waals surface area contributed by atoms with Gasteiger partial charge in [-0.15, -0.1) is 0 Å². The number of primary amides is 1. The van der Waals surface area contributed by atoms with E-state index in [1.807, 2.05) is 12.1 Å². The summed E-state index contributed by atoms with van der Waals surface area (Å²) in [5.41, 5.74) is 7.44. The fourth-order valence-corrected chi connectivity index (χ4v) is 2.61. The molecule has 2 rings (SSSR count). The summed E-state index contributed by atoms with van der Waals surface area (Å²) < 4.78 is 0. The third kappa shape index (κ3) is 2.47. The number of carbonyl (C=O) groups excluding carboxylic acids is 1. The number of hydrogen-bond donors (Lipinski definition) is 1. The maximum absolute atomic E-state index is 11.4. The molecule has 17 heavy (non-hydrogen) atoms. The maximum atomic E-state index is 11.4. The monoisotopic (exact) mass is 228 g/mol. The lowest BCUT2D eigenvalue weighted by molar-refractivity contribution is 0.0998. The number of nitriles is 1. The molecule has 1 aromatic rings. The number of rotatable bonds is 2. The van der Waals surface area contributed by atoms with E-state index in [0.29, 0.717) is 17.0 Å². The Morgan fingerprint density at radius 3 is 2.59 bits per heavy atom. The molecule has 1 saturated carbocycles. The average Bonchev–Trinajstić information content (AvgIpc) is 2.39. The number of hydrogen-bond acceptors (Lipinski definition) is 2. The first-order valence-electron chi connectivity index (χ1n) is 6.06. The summed E-state index contributed by atoms with van der Waals surface area (Å²) in [6.45, 7) is 0.